The smallest absolute Gasteiger partial charge is 0.252 e. The summed E-state index contributed by atoms with van der Waals surface area (Å²) in [5.41, 5.74) is 5.06. The van der Waals surface area contributed by atoms with Crippen molar-refractivity contribution in [3.05, 3.63) is 108 Å². The minimum atomic E-state index is -0.296. The number of ether oxygens (including phenoxy) is 4. The van der Waals surface area contributed by atoms with Crippen molar-refractivity contribution in [3.63, 3.8) is 0 Å². The van der Waals surface area contributed by atoms with Gasteiger partial charge in [0.1, 0.15) is 0 Å². The molecule has 2 atom stereocenters. The first kappa shape index (κ1) is 38.1. The third kappa shape index (κ3) is 7.82. The molecule has 2 heterocycles. The lowest BCUT2D eigenvalue weighted by molar-refractivity contribution is 0.0593. The number of rotatable bonds is 11. The predicted octanol–water partition coefficient (Wildman–Crippen LogP) is 8.90. The summed E-state index contributed by atoms with van der Waals surface area (Å²) in [6.45, 7) is 7.10. The summed E-state index contributed by atoms with van der Waals surface area (Å²) in [7, 11) is 6.38. The Kier molecular flexibility index (Phi) is 10.6. The van der Waals surface area contributed by atoms with E-state index in [0.717, 1.165) is 45.8 Å². The number of fused-ring (bicyclic) bond motifs is 2. The molecule has 6 aromatic rings. The molecule has 1 aliphatic carbocycles. The molecule has 0 spiro atoms. The lowest BCUT2D eigenvalue weighted by atomic mass is 9.62. The maximum Gasteiger partial charge on any atom is 0.252 e. The van der Waals surface area contributed by atoms with Crippen LogP contribution in [0.15, 0.2) is 97.1 Å². The molecule has 2 aromatic heterocycles. The van der Waals surface area contributed by atoms with Crippen LogP contribution in [0.2, 0.25) is 0 Å². The fourth-order valence-corrected chi connectivity index (χ4v) is 8.54. The van der Waals surface area contributed by atoms with Gasteiger partial charge in [-0.05, 0) is 90.8 Å². The molecule has 0 aliphatic heterocycles. The van der Waals surface area contributed by atoms with Gasteiger partial charge in [0.25, 0.3) is 11.8 Å². The maximum absolute atomic E-state index is 14.3. The van der Waals surface area contributed by atoms with Crippen molar-refractivity contribution in [2.45, 2.75) is 46.1 Å². The average molecular weight is 753 g/mol. The van der Waals surface area contributed by atoms with Gasteiger partial charge in [0.2, 0.25) is 0 Å². The molecular formula is C46H48N4O6. The van der Waals surface area contributed by atoms with Gasteiger partial charge in [0.15, 0.2) is 23.0 Å². The molecule has 0 saturated heterocycles. The first-order valence-electron chi connectivity index (χ1n) is 18.8. The van der Waals surface area contributed by atoms with Gasteiger partial charge in [-0.3, -0.25) is 9.59 Å². The summed E-state index contributed by atoms with van der Waals surface area (Å²) in [6.07, 6.45) is 2.38. The molecule has 10 heteroatoms. The molecule has 7 rings (SSSR count). The van der Waals surface area contributed by atoms with E-state index in [-0.39, 0.29) is 28.7 Å². The highest BCUT2D eigenvalue weighted by Gasteiger charge is 2.42. The van der Waals surface area contributed by atoms with E-state index in [9.17, 15) is 9.59 Å². The van der Waals surface area contributed by atoms with Crippen molar-refractivity contribution in [1.29, 1.82) is 0 Å². The summed E-state index contributed by atoms with van der Waals surface area (Å²) in [6, 6.07) is 30.1. The van der Waals surface area contributed by atoms with Crippen LogP contribution in [0.4, 0.5) is 0 Å². The van der Waals surface area contributed by atoms with Crippen molar-refractivity contribution >= 4 is 33.6 Å². The number of amides is 2. The van der Waals surface area contributed by atoms with E-state index >= 15 is 0 Å². The molecule has 1 fully saturated rings. The maximum atomic E-state index is 14.3. The van der Waals surface area contributed by atoms with Gasteiger partial charge in [0, 0.05) is 34.5 Å². The largest absolute Gasteiger partial charge is 0.493 e. The van der Waals surface area contributed by atoms with Crippen molar-refractivity contribution in [2.24, 2.45) is 10.8 Å². The second kappa shape index (κ2) is 15.5. The zero-order valence-electron chi connectivity index (χ0n) is 33.0. The minimum absolute atomic E-state index is 0.0925. The molecule has 4 aromatic carbocycles. The number of benzene rings is 4. The first-order chi connectivity index (χ1) is 26.9. The van der Waals surface area contributed by atoms with E-state index in [4.69, 9.17) is 28.9 Å². The van der Waals surface area contributed by atoms with Crippen LogP contribution in [0.5, 0.6) is 23.0 Å². The number of hydrogen-bond acceptors (Lipinski definition) is 8. The summed E-state index contributed by atoms with van der Waals surface area (Å²) in [5, 5.41) is 8.22. The SMILES string of the molecule is COc1ccc(-c2cc(C(=O)NC[C@]3(C)C[C@@H](NC(=O)c4cc(-c5ccc(OC)c(OC)c5)nc5ccccc45)CC(C)(C)C3)c3ccccc3n2)cc1OC. The molecule has 10 nitrogen and oxygen atoms in total. The zero-order chi connectivity index (χ0) is 39.6. The van der Waals surface area contributed by atoms with E-state index in [1.54, 1.807) is 28.4 Å². The standard InChI is InChI=1S/C46H48N4O6/c1-45(2)24-30(48-44(52)34-23-38(50-36-15-11-9-13-32(34)36)29-17-19-40(54-5)42(21-29)56-7)25-46(3,26-45)27-47-43(51)33-22-37(49-35-14-10-8-12-31(33)35)28-16-18-39(53-4)41(20-28)55-6/h8-23,30H,24-27H2,1-7H3,(H,47,51)(H,48,52)/t30-,46+/m0/s1. The average Bonchev–Trinajstić information content (AvgIpc) is 3.20. The van der Waals surface area contributed by atoms with Gasteiger partial charge in [-0.2, -0.15) is 0 Å². The second-order valence-electron chi connectivity index (χ2n) is 15.7. The molecular weight excluding hydrogens is 705 g/mol. The molecule has 1 aliphatic rings. The van der Waals surface area contributed by atoms with Crippen molar-refractivity contribution in [2.75, 3.05) is 35.0 Å². The number of carbonyl (C=O) groups excluding carboxylic acids is 2. The van der Waals surface area contributed by atoms with Crippen LogP contribution in [0.3, 0.4) is 0 Å². The van der Waals surface area contributed by atoms with Crippen LogP contribution >= 0.6 is 0 Å². The lowest BCUT2D eigenvalue weighted by Gasteiger charge is -2.47. The molecule has 0 bridgehead atoms. The van der Waals surface area contributed by atoms with Crippen LogP contribution < -0.4 is 29.6 Å². The van der Waals surface area contributed by atoms with E-state index in [0.29, 0.717) is 58.5 Å². The summed E-state index contributed by atoms with van der Waals surface area (Å²) < 4.78 is 22.0. The first-order valence-corrected chi connectivity index (χ1v) is 18.8. The third-order valence-corrected chi connectivity index (χ3v) is 10.7. The van der Waals surface area contributed by atoms with E-state index in [1.165, 1.54) is 0 Å². The number of methoxy groups -OCH3 is 4. The third-order valence-electron chi connectivity index (χ3n) is 10.7. The quantitative estimate of drug-likeness (QED) is 0.135. The van der Waals surface area contributed by atoms with Gasteiger partial charge < -0.3 is 29.6 Å². The predicted molar refractivity (Wildman–Crippen MR) is 220 cm³/mol. The Labute approximate surface area is 327 Å². The highest BCUT2D eigenvalue weighted by molar-refractivity contribution is 6.08. The molecule has 0 unspecified atom stereocenters. The summed E-state index contributed by atoms with van der Waals surface area (Å²) in [5.74, 6) is 2.05. The Bertz CT molecular complexity index is 2450. The van der Waals surface area contributed by atoms with Gasteiger partial charge in [-0.25, -0.2) is 9.97 Å². The van der Waals surface area contributed by atoms with Crippen molar-refractivity contribution < 1.29 is 28.5 Å². The fourth-order valence-electron chi connectivity index (χ4n) is 8.54. The Hall–Kier alpha value is -6.16. The Balaban J connectivity index is 1.13. The molecule has 2 N–H and O–H groups in total. The number of para-hydroxylation sites is 2. The number of carbonyl (C=O) groups is 2. The number of nitrogens with zero attached hydrogens (tertiary/aromatic N) is 2. The van der Waals surface area contributed by atoms with Crippen molar-refractivity contribution in [1.82, 2.24) is 20.6 Å². The topological polar surface area (TPSA) is 121 Å². The van der Waals surface area contributed by atoms with Gasteiger partial charge in [-0.15, -0.1) is 0 Å². The second-order valence-corrected chi connectivity index (χ2v) is 15.7. The zero-order valence-corrected chi connectivity index (χ0v) is 33.0. The van der Waals surface area contributed by atoms with E-state index < -0.39 is 0 Å². The molecule has 0 radical (unpaired) electrons. The lowest BCUT2D eigenvalue weighted by Crippen LogP contribution is -2.50. The number of hydrogen-bond donors (Lipinski definition) is 2. The monoisotopic (exact) mass is 752 g/mol. The van der Waals surface area contributed by atoms with Crippen LogP contribution in [0, 0.1) is 10.8 Å². The highest BCUT2D eigenvalue weighted by atomic mass is 16.5. The molecule has 1 saturated carbocycles. The van der Waals surface area contributed by atoms with Gasteiger partial charge >= 0.3 is 0 Å². The van der Waals surface area contributed by atoms with Crippen LogP contribution in [-0.2, 0) is 0 Å². The van der Waals surface area contributed by atoms with E-state index in [1.807, 2.05) is 97.1 Å². The number of nitrogens with one attached hydrogen (secondary N) is 2. The Morgan fingerprint density at radius 2 is 1.11 bits per heavy atom. The summed E-state index contributed by atoms with van der Waals surface area (Å²) in [4.78, 5) is 38.2. The fraction of sp³-hybridized carbons (Fsp3) is 0.304. The number of aromatic nitrogens is 2. The van der Waals surface area contributed by atoms with Crippen molar-refractivity contribution in [3.8, 4) is 45.5 Å². The minimum Gasteiger partial charge on any atom is -0.493 e. The summed E-state index contributed by atoms with van der Waals surface area (Å²) >= 11 is 0. The molecule has 56 heavy (non-hydrogen) atoms. The number of pyridine rings is 2. The van der Waals surface area contributed by atoms with Crippen LogP contribution in [-0.4, -0.2) is 62.8 Å². The molecule has 2 amide bonds. The Morgan fingerprint density at radius 3 is 1.61 bits per heavy atom. The molecule has 288 valence electrons. The van der Waals surface area contributed by atoms with E-state index in [2.05, 4.69) is 31.4 Å². The normalized spacial score (nSPS) is 17.6. The highest BCUT2D eigenvalue weighted by Crippen LogP contribution is 2.46. The van der Waals surface area contributed by atoms with Crippen LogP contribution in [0.1, 0.15) is 60.7 Å². The van der Waals surface area contributed by atoms with Gasteiger partial charge in [-0.1, -0.05) is 57.2 Å². The van der Waals surface area contributed by atoms with Crippen LogP contribution in [0.25, 0.3) is 44.3 Å². The van der Waals surface area contributed by atoms with Gasteiger partial charge in [0.05, 0.1) is 62.0 Å². The Morgan fingerprint density at radius 1 is 0.625 bits per heavy atom.